The fraction of sp³-hybridized carbons (Fsp3) is 0.217. The zero-order valence-electron chi connectivity index (χ0n) is 17.2. The Kier molecular flexibility index (Phi) is 5.24. The first-order valence-corrected chi connectivity index (χ1v) is 10.3. The normalized spacial score (nSPS) is 13.5. The van der Waals surface area contributed by atoms with E-state index >= 15 is 0 Å². The molecule has 0 spiro atoms. The summed E-state index contributed by atoms with van der Waals surface area (Å²) in [5.41, 5.74) is 9.15. The van der Waals surface area contributed by atoms with E-state index in [2.05, 4.69) is 10.3 Å². The summed E-state index contributed by atoms with van der Waals surface area (Å²) in [6.45, 7) is 1.56. The molecule has 0 unspecified atom stereocenters. The van der Waals surface area contributed by atoms with Gasteiger partial charge in [-0.25, -0.2) is 19.3 Å². The molecule has 0 aliphatic carbocycles. The molecule has 9 heteroatoms. The van der Waals surface area contributed by atoms with Gasteiger partial charge in [-0.05, 0) is 29.8 Å². The van der Waals surface area contributed by atoms with Crippen LogP contribution >= 0.6 is 0 Å². The average Bonchev–Trinajstić information content (AvgIpc) is 3.08. The number of nitrogens with two attached hydrogens (primary N) is 1. The van der Waals surface area contributed by atoms with Gasteiger partial charge in [-0.1, -0.05) is 12.1 Å². The summed E-state index contributed by atoms with van der Waals surface area (Å²) in [6, 6.07) is 9.83. The molecular formula is C23H21FN6O2. The lowest BCUT2D eigenvalue weighted by Gasteiger charge is -2.14. The van der Waals surface area contributed by atoms with Gasteiger partial charge in [0.15, 0.2) is 11.6 Å². The number of carbonyl (C=O) groups is 1. The van der Waals surface area contributed by atoms with Crippen LogP contribution in [0.2, 0.25) is 0 Å². The molecule has 0 bridgehead atoms. The standard InChI is InChI=1S/C23H21FN6O2/c24-15-4-1-3-14(11-15)12-26-21-16-6-9-32-10-7-18(16)28-22(29-21)23-27-13-19-17(20(25)31)5-2-8-30(19)23/h1-5,8,11,13H,6-7,9-10,12H2,(H2,25,31)(H,26,28,29). The summed E-state index contributed by atoms with van der Waals surface area (Å²) in [5, 5.41) is 3.34. The molecular weight excluding hydrogens is 411 g/mol. The molecule has 162 valence electrons. The number of nitrogens with one attached hydrogen (secondary N) is 1. The van der Waals surface area contributed by atoms with Crippen molar-refractivity contribution in [2.75, 3.05) is 18.5 Å². The monoisotopic (exact) mass is 432 g/mol. The average molecular weight is 432 g/mol. The molecule has 8 nitrogen and oxygen atoms in total. The number of halogens is 1. The van der Waals surface area contributed by atoms with Gasteiger partial charge in [0.25, 0.3) is 5.91 Å². The lowest BCUT2D eigenvalue weighted by atomic mass is 10.1. The molecule has 4 aromatic rings. The molecule has 3 N–H and O–H groups in total. The number of aromatic nitrogens is 4. The molecule has 1 aliphatic heterocycles. The first-order chi connectivity index (χ1) is 15.6. The van der Waals surface area contributed by atoms with Gasteiger partial charge >= 0.3 is 0 Å². The fourth-order valence-corrected chi connectivity index (χ4v) is 3.92. The maximum absolute atomic E-state index is 13.6. The van der Waals surface area contributed by atoms with Gasteiger partial charge in [0.2, 0.25) is 0 Å². The summed E-state index contributed by atoms with van der Waals surface area (Å²) < 4.78 is 21.0. The molecule has 3 aromatic heterocycles. The number of ether oxygens (including phenoxy) is 1. The van der Waals surface area contributed by atoms with Gasteiger partial charge in [-0.2, -0.15) is 0 Å². The van der Waals surface area contributed by atoms with E-state index in [9.17, 15) is 9.18 Å². The zero-order valence-corrected chi connectivity index (χ0v) is 17.2. The molecule has 1 amide bonds. The second-order valence-electron chi connectivity index (χ2n) is 7.54. The van der Waals surface area contributed by atoms with Gasteiger partial charge < -0.3 is 15.8 Å². The van der Waals surface area contributed by atoms with E-state index in [0.717, 1.165) is 16.8 Å². The Bertz CT molecular complexity index is 1320. The minimum atomic E-state index is -0.528. The molecule has 0 saturated carbocycles. The van der Waals surface area contributed by atoms with E-state index < -0.39 is 5.91 Å². The van der Waals surface area contributed by atoms with Crippen LogP contribution < -0.4 is 11.1 Å². The van der Waals surface area contributed by atoms with E-state index in [-0.39, 0.29) is 5.82 Å². The van der Waals surface area contributed by atoms with Gasteiger partial charge in [-0.3, -0.25) is 9.20 Å². The second-order valence-corrected chi connectivity index (χ2v) is 7.54. The summed E-state index contributed by atoms with van der Waals surface area (Å²) >= 11 is 0. The van der Waals surface area contributed by atoms with E-state index in [1.54, 1.807) is 35.0 Å². The number of hydrogen-bond donors (Lipinski definition) is 2. The van der Waals surface area contributed by atoms with E-state index in [0.29, 0.717) is 61.1 Å². The Morgan fingerprint density at radius 3 is 2.91 bits per heavy atom. The minimum absolute atomic E-state index is 0.283. The van der Waals surface area contributed by atoms with Crippen molar-refractivity contribution in [1.82, 2.24) is 19.4 Å². The number of nitrogens with zero attached hydrogens (tertiary/aromatic N) is 4. The number of primary amides is 1. The van der Waals surface area contributed by atoms with Crippen LogP contribution in [0.1, 0.15) is 27.2 Å². The number of hydrogen-bond acceptors (Lipinski definition) is 6. The number of rotatable bonds is 5. The maximum atomic E-state index is 13.6. The van der Waals surface area contributed by atoms with E-state index in [4.69, 9.17) is 20.4 Å². The predicted molar refractivity (Wildman–Crippen MR) is 117 cm³/mol. The van der Waals surface area contributed by atoms with Crippen LogP contribution in [0.15, 0.2) is 48.8 Å². The van der Waals surface area contributed by atoms with Crippen LogP contribution in [-0.4, -0.2) is 38.5 Å². The maximum Gasteiger partial charge on any atom is 0.250 e. The number of anilines is 1. The third-order valence-electron chi connectivity index (χ3n) is 5.46. The Hall–Kier alpha value is -3.85. The van der Waals surface area contributed by atoms with Crippen molar-refractivity contribution in [3.05, 3.63) is 77.0 Å². The van der Waals surface area contributed by atoms with Crippen molar-refractivity contribution in [1.29, 1.82) is 0 Å². The molecule has 5 rings (SSSR count). The molecule has 0 saturated heterocycles. The molecule has 0 atom stereocenters. The highest BCUT2D eigenvalue weighted by atomic mass is 19.1. The van der Waals surface area contributed by atoms with Crippen molar-refractivity contribution < 1.29 is 13.9 Å². The predicted octanol–water partition coefficient (Wildman–Crippen LogP) is 2.76. The smallest absolute Gasteiger partial charge is 0.250 e. The fourth-order valence-electron chi connectivity index (χ4n) is 3.92. The second kappa shape index (κ2) is 8.35. The van der Waals surface area contributed by atoms with Crippen LogP contribution in [0.25, 0.3) is 17.2 Å². The summed E-state index contributed by atoms with van der Waals surface area (Å²) in [6.07, 6.45) is 4.71. The number of fused-ring (bicyclic) bond motifs is 2. The number of amides is 1. The Balaban J connectivity index is 1.58. The number of pyridine rings is 1. The third kappa shape index (κ3) is 3.78. The number of carbonyl (C=O) groups excluding carboxylic acids is 1. The molecule has 32 heavy (non-hydrogen) atoms. The highest BCUT2D eigenvalue weighted by Crippen LogP contribution is 2.26. The number of imidazole rings is 1. The van der Waals surface area contributed by atoms with Gasteiger partial charge in [0.1, 0.15) is 11.6 Å². The minimum Gasteiger partial charge on any atom is -0.381 e. The number of benzene rings is 1. The molecule has 1 aromatic carbocycles. The highest BCUT2D eigenvalue weighted by molar-refractivity contribution is 5.99. The van der Waals surface area contributed by atoms with Gasteiger partial charge in [0, 0.05) is 31.1 Å². The summed E-state index contributed by atoms with van der Waals surface area (Å²) in [5.74, 6) is 0.787. The molecule has 4 heterocycles. The third-order valence-corrected chi connectivity index (χ3v) is 5.46. The van der Waals surface area contributed by atoms with Crippen LogP contribution in [0.3, 0.4) is 0 Å². The molecule has 1 aliphatic rings. The zero-order chi connectivity index (χ0) is 22.1. The van der Waals surface area contributed by atoms with Crippen molar-refractivity contribution in [3.63, 3.8) is 0 Å². The van der Waals surface area contributed by atoms with E-state index in [1.165, 1.54) is 12.1 Å². The van der Waals surface area contributed by atoms with Crippen molar-refractivity contribution >= 4 is 17.2 Å². The van der Waals surface area contributed by atoms with Gasteiger partial charge in [0.05, 0.1) is 36.2 Å². The Labute approximate surface area is 183 Å². The first-order valence-electron chi connectivity index (χ1n) is 10.3. The SMILES string of the molecule is NC(=O)c1cccn2c(-c3nc4c(c(NCc5cccc(F)c5)n3)CCOCC4)ncc12. The highest BCUT2D eigenvalue weighted by Gasteiger charge is 2.21. The van der Waals surface area contributed by atoms with Crippen molar-refractivity contribution in [3.8, 4) is 11.6 Å². The van der Waals surface area contributed by atoms with Crippen molar-refractivity contribution in [2.45, 2.75) is 19.4 Å². The van der Waals surface area contributed by atoms with Crippen LogP contribution in [0, 0.1) is 5.82 Å². The van der Waals surface area contributed by atoms with Crippen LogP contribution in [0.4, 0.5) is 10.2 Å². The lowest BCUT2D eigenvalue weighted by Crippen LogP contribution is -2.13. The summed E-state index contributed by atoms with van der Waals surface area (Å²) in [4.78, 5) is 25.8. The molecule has 0 radical (unpaired) electrons. The Morgan fingerprint density at radius 2 is 2.06 bits per heavy atom. The quantitative estimate of drug-likeness (QED) is 0.502. The van der Waals surface area contributed by atoms with Crippen LogP contribution in [-0.2, 0) is 24.1 Å². The lowest BCUT2D eigenvalue weighted by molar-refractivity contribution is 0.100. The van der Waals surface area contributed by atoms with Gasteiger partial charge in [-0.15, -0.1) is 0 Å². The summed E-state index contributed by atoms with van der Waals surface area (Å²) in [7, 11) is 0. The first kappa shape index (κ1) is 20.1. The Morgan fingerprint density at radius 1 is 1.19 bits per heavy atom. The largest absolute Gasteiger partial charge is 0.381 e. The van der Waals surface area contributed by atoms with Crippen molar-refractivity contribution in [2.24, 2.45) is 5.73 Å². The topological polar surface area (TPSA) is 107 Å². The molecule has 0 fully saturated rings. The van der Waals surface area contributed by atoms with Crippen LogP contribution in [0.5, 0.6) is 0 Å². The van der Waals surface area contributed by atoms with E-state index in [1.807, 2.05) is 6.07 Å².